The molecule has 3 aromatic rings. The third-order valence-corrected chi connectivity index (χ3v) is 3.60. The van der Waals surface area contributed by atoms with Gasteiger partial charge < -0.3 is 9.15 Å². The van der Waals surface area contributed by atoms with Crippen molar-refractivity contribution in [1.29, 1.82) is 0 Å². The predicted molar refractivity (Wildman–Crippen MR) is 93.0 cm³/mol. The molecule has 0 atom stereocenters. The number of aromatic nitrogens is 2. The molecule has 0 aliphatic heterocycles. The molecule has 0 aliphatic carbocycles. The van der Waals surface area contributed by atoms with Crippen LogP contribution in [0.15, 0.2) is 59.3 Å². The molecule has 0 saturated carbocycles. The van der Waals surface area contributed by atoms with Crippen LogP contribution in [0.5, 0.6) is 5.75 Å². The number of nitrogens with zero attached hydrogens (tertiary/aromatic N) is 3. The lowest BCUT2D eigenvalue weighted by Crippen LogP contribution is -1.98. The van der Waals surface area contributed by atoms with Crippen molar-refractivity contribution in [1.82, 2.24) is 9.78 Å². The molecule has 0 radical (unpaired) electrons. The van der Waals surface area contributed by atoms with Gasteiger partial charge in [0.05, 0.1) is 24.1 Å². The first kappa shape index (κ1) is 17.2. The molecule has 3 rings (SSSR count). The normalized spacial score (nSPS) is 11.0. The molecule has 8 nitrogen and oxygen atoms in total. The lowest BCUT2D eigenvalue weighted by molar-refractivity contribution is -0.385. The number of rotatable bonds is 7. The van der Waals surface area contributed by atoms with Crippen LogP contribution in [-0.4, -0.2) is 27.6 Å². The maximum absolute atomic E-state index is 12.3. The fourth-order valence-corrected chi connectivity index (χ4v) is 2.36. The van der Waals surface area contributed by atoms with E-state index in [4.69, 9.17) is 9.15 Å². The highest BCUT2D eigenvalue weighted by atomic mass is 16.6. The number of nitro groups is 1. The molecule has 0 spiro atoms. The highest BCUT2D eigenvalue weighted by molar-refractivity contribution is 6.08. The Morgan fingerprint density at radius 3 is 2.88 bits per heavy atom. The SMILES string of the molecule is COc1ccccc1C(=O)/C=C/c1ccc(Cn2cc([N+](=O)[O-])cn2)o1. The topological polar surface area (TPSA) is 100 Å². The average Bonchev–Trinajstić information content (AvgIpc) is 3.29. The number of ketones is 1. The van der Waals surface area contributed by atoms with Crippen molar-refractivity contribution in [2.45, 2.75) is 6.54 Å². The standard InChI is InChI=1S/C18H15N3O5/c1-25-18-5-3-2-4-16(18)17(22)9-8-14-6-7-15(26-14)12-20-11-13(10-19-20)21(23)24/h2-11H,12H2,1H3/b9-8+. The smallest absolute Gasteiger partial charge is 0.307 e. The summed E-state index contributed by atoms with van der Waals surface area (Å²) >= 11 is 0. The van der Waals surface area contributed by atoms with Crippen LogP contribution in [0.25, 0.3) is 6.08 Å². The Hall–Kier alpha value is -3.68. The molecule has 0 fully saturated rings. The molecule has 2 heterocycles. The molecule has 0 unspecified atom stereocenters. The van der Waals surface area contributed by atoms with Crippen LogP contribution in [0.4, 0.5) is 5.69 Å². The number of furan rings is 1. The van der Waals surface area contributed by atoms with Gasteiger partial charge in [-0.25, -0.2) is 0 Å². The Labute approximate surface area is 148 Å². The Kier molecular flexibility index (Phi) is 4.93. The largest absolute Gasteiger partial charge is 0.496 e. The lowest BCUT2D eigenvalue weighted by Gasteiger charge is -2.04. The summed E-state index contributed by atoms with van der Waals surface area (Å²) in [6.45, 7) is 0.252. The highest BCUT2D eigenvalue weighted by Gasteiger charge is 2.11. The van der Waals surface area contributed by atoms with Crippen LogP contribution in [0.3, 0.4) is 0 Å². The first-order valence-corrected chi connectivity index (χ1v) is 7.68. The summed E-state index contributed by atoms with van der Waals surface area (Å²) in [6, 6.07) is 10.4. The Morgan fingerprint density at radius 1 is 1.35 bits per heavy atom. The second-order valence-electron chi connectivity index (χ2n) is 5.36. The van der Waals surface area contributed by atoms with Gasteiger partial charge in [-0.3, -0.25) is 19.6 Å². The quantitative estimate of drug-likeness (QED) is 0.279. The number of methoxy groups -OCH3 is 1. The summed E-state index contributed by atoms with van der Waals surface area (Å²) in [5, 5.41) is 14.6. The van der Waals surface area contributed by atoms with Gasteiger partial charge in [-0.05, 0) is 36.4 Å². The lowest BCUT2D eigenvalue weighted by atomic mass is 10.1. The third kappa shape index (κ3) is 3.86. The molecule has 26 heavy (non-hydrogen) atoms. The van der Waals surface area contributed by atoms with Gasteiger partial charge in [0.25, 0.3) is 0 Å². The minimum absolute atomic E-state index is 0.0842. The predicted octanol–water partition coefficient (Wildman–Crippen LogP) is 3.34. The van der Waals surface area contributed by atoms with E-state index in [9.17, 15) is 14.9 Å². The minimum Gasteiger partial charge on any atom is -0.496 e. The van der Waals surface area contributed by atoms with Gasteiger partial charge >= 0.3 is 5.69 Å². The molecule has 0 bridgehead atoms. The Balaban J connectivity index is 1.68. The van der Waals surface area contributed by atoms with E-state index in [1.165, 1.54) is 30.3 Å². The van der Waals surface area contributed by atoms with Crippen LogP contribution in [0.2, 0.25) is 0 Å². The zero-order chi connectivity index (χ0) is 18.5. The molecule has 132 valence electrons. The van der Waals surface area contributed by atoms with Crippen molar-refractivity contribution < 1.29 is 18.9 Å². The number of carbonyl (C=O) groups excluding carboxylic acids is 1. The van der Waals surface area contributed by atoms with Gasteiger partial charge in [0.15, 0.2) is 5.78 Å². The van der Waals surface area contributed by atoms with E-state index in [0.29, 0.717) is 22.8 Å². The summed E-state index contributed by atoms with van der Waals surface area (Å²) in [7, 11) is 1.51. The van der Waals surface area contributed by atoms with Crippen LogP contribution >= 0.6 is 0 Å². The average molecular weight is 353 g/mol. The third-order valence-electron chi connectivity index (χ3n) is 3.60. The Morgan fingerprint density at radius 2 is 2.15 bits per heavy atom. The van der Waals surface area contributed by atoms with Crippen LogP contribution < -0.4 is 4.74 Å². The van der Waals surface area contributed by atoms with E-state index in [0.717, 1.165) is 0 Å². The van der Waals surface area contributed by atoms with Gasteiger partial charge in [0.2, 0.25) is 0 Å². The molecule has 0 N–H and O–H groups in total. The monoisotopic (exact) mass is 353 g/mol. The summed E-state index contributed by atoms with van der Waals surface area (Å²) in [5.41, 5.74) is 0.376. The second-order valence-corrected chi connectivity index (χ2v) is 5.36. The zero-order valence-corrected chi connectivity index (χ0v) is 13.9. The number of hydrogen-bond donors (Lipinski definition) is 0. The maximum atomic E-state index is 12.3. The van der Waals surface area contributed by atoms with Gasteiger partial charge in [0.1, 0.15) is 29.7 Å². The Bertz CT molecular complexity index is 971. The van der Waals surface area contributed by atoms with E-state index in [1.807, 2.05) is 0 Å². The fourth-order valence-electron chi connectivity index (χ4n) is 2.36. The number of allylic oxidation sites excluding steroid dienone is 1. The van der Waals surface area contributed by atoms with Gasteiger partial charge in [-0.2, -0.15) is 5.10 Å². The molecule has 1 aromatic carbocycles. The van der Waals surface area contributed by atoms with E-state index in [-0.39, 0.29) is 18.0 Å². The number of benzene rings is 1. The minimum atomic E-state index is -0.511. The highest BCUT2D eigenvalue weighted by Crippen LogP contribution is 2.19. The van der Waals surface area contributed by atoms with Crippen molar-refractivity contribution in [3.05, 3.63) is 82.1 Å². The van der Waals surface area contributed by atoms with Gasteiger partial charge in [-0.15, -0.1) is 0 Å². The van der Waals surface area contributed by atoms with E-state index < -0.39 is 4.92 Å². The fraction of sp³-hybridized carbons (Fsp3) is 0.111. The van der Waals surface area contributed by atoms with Crippen LogP contribution in [0, 0.1) is 10.1 Å². The van der Waals surface area contributed by atoms with Crippen LogP contribution in [-0.2, 0) is 6.54 Å². The van der Waals surface area contributed by atoms with Crippen LogP contribution in [0.1, 0.15) is 21.9 Å². The summed E-state index contributed by atoms with van der Waals surface area (Å²) in [6.07, 6.45) is 5.46. The first-order valence-electron chi connectivity index (χ1n) is 7.68. The van der Waals surface area contributed by atoms with Crippen molar-refractivity contribution in [3.8, 4) is 5.75 Å². The molecular formula is C18H15N3O5. The summed E-state index contributed by atoms with van der Waals surface area (Å²) in [4.78, 5) is 22.4. The molecule has 0 saturated heterocycles. The van der Waals surface area contributed by atoms with Crippen molar-refractivity contribution in [2.24, 2.45) is 0 Å². The summed E-state index contributed by atoms with van der Waals surface area (Å²) < 4.78 is 12.2. The zero-order valence-electron chi connectivity index (χ0n) is 13.9. The molecule has 8 heteroatoms. The first-order chi connectivity index (χ1) is 12.6. The van der Waals surface area contributed by atoms with E-state index >= 15 is 0 Å². The number of ether oxygens (including phenoxy) is 1. The van der Waals surface area contributed by atoms with Gasteiger partial charge in [-0.1, -0.05) is 12.1 Å². The molecule has 0 amide bonds. The molecule has 0 aliphatic rings. The van der Waals surface area contributed by atoms with Crippen molar-refractivity contribution >= 4 is 17.5 Å². The molecule has 2 aromatic heterocycles. The second kappa shape index (κ2) is 7.47. The molecular weight excluding hydrogens is 338 g/mol. The van der Waals surface area contributed by atoms with E-state index in [1.54, 1.807) is 42.5 Å². The number of para-hydroxylation sites is 1. The van der Waals surface area contributed by atoms with Crippen molar-refractivity contribution in [2.75, 3.05) is 7.11 Å². The van der Waals surface area contributed by atoms with Gasteiger partial charge in [0, 0.05) is 0 Å². The van der Waals surface area contributed by atoms with E-state index in [2.05, 4.69) is 5.10 Å². The van der Waals surface area contributed by atoms with Crippen molar-refractivity contribution in [3.63, 3.8) is 0 Å². The number of carbonyl (C=O) groups is 1. The number of hydrogen-bond acceptors (Lipinski definition) is 6. The summed E-state index contributed by atoms with van der Waals surface area (Å²) in [5.74, 6) is 1.35. The maximum Gasteiger partial charge on any atom is 0.307 e.